The molecule has 0 unspecified atom stereocenters. The number of nitrogens with one attached hydrogen (secondary N) is 2. The van der Waals surface area contributed by atoms with Gasteiger partial charge in [0.2, 0.25) is 21.8 Å². The average Bonchev–Trinajstić information content (AvgIpc) is 3.84. The van der Waals surface area contributed by atoms with Crippen LogP contribution in [-0.2, 0) is 35.6 Å². The fourth-order valence-corrected chi connectivity index (χ4v) is 7.99. The lowest BCUT2D eigenvalue weighted by Crippen LogP contribution is -2.54. The molecular formula is C30H38N4O7S. The topological polar surface area (TPSA) is 142 Å². The molecule has 6 rings (SSSR count). The molecule has 0 saturated heterocycles. The number of carbonyl (C=O) groups excluding carboxylic acids is 4. The van der Waals surface area contributed by atoms with Crippen LogP contribution in [0.3, 0.4) is 0 Å². The predicted octanol–water partition coefficient (Wildman–Crippen LogP) is 2.26. The molecule has 0 spiro atoms. The summed E-state index contributed by atoms with van der Waals surface area (Å²) in [5.74, 6) is -3.35. The van der Waals surface area contributed by atoms with E-state index in [4.69, 9.17) is 4.74 Å². The Morgan fingerprint density at radius 1 is 1.07 bits per heavy atom. The number of para-hydroxylation sites is 1. The van der Waals surface area contributed by atoms with Crippen molar-refractivity contribution in [1.82, 2.24) is 14.9 Å². The van der Waals surface area contributed by atoms with E-state index < -0.39 is 56.7 Å². The van der Waals surface area contributed by atoms with Gasteiger partial charge in [0.1, 0.15) is 11.6 Å². The molecule has 11 nitrogen and oxygen atoms in total. The summed E-state index contributed by atoms with van der Waals surface area (Å²) in [6.45, 7) is 1.04. The molecular weight excluding hydrogens is 560 g/mol. The maximum absolute atomic E-state index is 13.8. The van der Waals surface area contributed by atoms with Crippen LogP contribution in [0, 0.1) is 17.8 Å². The normalized spacial score (nSPS) is 31.4. The predicted molar refractivity (Wildman–Crippen MR) is 154 cm³/mol. The second-order valence-electron chi connectivity index (χ2n) is 12.4. The Kier molecular flexibility index (Phi) is 7.53. The molecule has 4 amide bonds. The first-order valence-corrected chi connectivity index (χ1v) is 16.5. The number of allylic oxidation sites excluding steroid dienone is 1. The number of nitrogens with zero attached hydrogens (tertiary/aromatic N) is 2. The number of fused-ring (bicyclic) bond motifs is 3. The lowest BCUT2D eigenvalue weighted by atomic mass is 9.93. The van der Waals surface area contributed by atoms with Gasteiger partial charge in [-0.05, 0) is 69.4 Å². The molecule has 1 aromatic rings. The highest BCUT2D eigenvalue weighted by Crippen LogP contribution is 2.47. The molecule has 12 heteroatoms. The molecule has 42 heavy (non-hydrogen) atoms. The molecule has 5 atom stereocenters. The number of benzene rings is 1. The summed E-state index contributed by atoms with van der Waals surface area (Å²) in [7, 11) is -2.09. The third kappa shape index (κ3) is 5.52. The van der Waals surface area contributed by atoms with Crippen LogP contribution in [0.4, 0.5) is 10.5 Å². The second-order valence-corrected chi connectivity index (χ2v) is 14.3. The van der Waals surface area contributed by atoms with Crippen LogP contribution in [-0.4, -0.2) is 74.2 Å². The van der Waals surface area contributed by atoms with Crippen LogP contribution in [0.2, 0.25) is 0 Å². The molecule has 0 aromatic heterocycles. The number of ether oxygens (including phenoxy) is 1. The summed E-state index contributed by atoms with van der Waals surface area (Å²) in [6.07, 6.45) is 7.38. The summed E-state index contributed by atoms with van der Waals surface area (Å²) in [6, 6.07) is 7.64. The Labute approximate surface area is 246 Å². The standard InChI is InChI=1S/C30H38N4O7S/c1-33-14-7-3-2-4-9-20-18-30(20,28(37)32-42(39,40)22-11-12-22)31-26(35)23-16-21(17-24(23)27(33)36)41-29(38)34-15-13-19-8-5-6-10-25(19)34/h4-6,8-10,20-24H,2-3,7,11-18H2,1H3,(H,31,35)(H,32,37)/t20-,21-,23-,24-,30-/m1/s1. The van der Waals surface area contributed by atoms with Crippen molar-refractivity contribution in [3.8, 4) is 0 Å². The minimum atomic E-state index is -3.81. The maximum Gasteiger partial charge on any atom is 0.414 e. The highest BCUT2D eigenvalue weighted by atomic mass is 32.2. The van der Waals surface area contributed by atoms with Crippen LogP contribution in [0.5, 0.6) is 0 Å². The molecule has 3 saturated carbocycles. The van der Waals surface area contributed by atoms with E-state index in [0.29, 0.717) is 25.9 Å². The SMILES string of the molecule is CN1CCCCC=C[C@@H]2C[C@@]2(C(=O)NS(=O)(=O)C2CC2)NC(=O)[C@@H]2C[C@@H](OC(=O)N3CCc4ccccc43)C[C@H]2C1=O. The molecule has 1 aromatic carbocycles. The van der Waals surface area contributed by atoms with Gasteiger partial charge in [-0.25, -0.2) is 13.2 Å². The summed E-state index contributed by atoms with van der Waals surface area (Å²) < 4.78 is 33.2. The van der Waals surface area contributed by atoms with Crippen molar-refractivity contribution >= 4 is 39.5 Å². The molecule has 0 radical (unpaired) electrons. The van der Waals surface area contributed by atoms with Gasteiger partial charge < -0.3 is 15.0 Å². The van der Waals surface area contributed by atoms with Gasteiger partial charge in [-0.2, -0.15) is 0 Å². The van der Waals surface area contributed by atoms with Gasteiger partial charge >= 0.3 is 6.09 Å². The van der Waals surface area contributed by atoms with Gasteiger partial charge in [-0.3, -0.25) is 24.0 Å². The van der Waals surface area contributed by atoms with Crippen molar-refractivity contribution < 1.29 is 32.3 Å². The van der Waals surface area contributed by atoms with Crippen molar-refractivity contribution in [3.05, 3.63) is 42.0 Å². The van der Waals surface area contributed by atoms with Gasteiger partial charge in [-0.1, -0.05) is 30.4 Å². The number of carbonyl (C=O) groups is 4. The van der Waals surface area contributed by atoms with E-state index in [1.54, 1.807) is 16.8 Å². The van der Waals surface area contributed by atoms with Gasteiger partial charge in [0, 0.05) is 26.1 Å². The van der Waals surface area contributed by atoms with Crippen LogP contribution in [0.25, 0.3) is 0 Å². The maximum atomic E-state index is 13.8. The Morgan fingerprint density at radius 3 is 2.62 bits per heavy atom. The molecule has 2 aliphatic heterocycles. The minimum absolute atomic E-state index is 0.135. The lowest BCUT2D eigenvalue weighted by Gasteiger charge is -2.26. The molecule has 2 heterocycles. The van der Waals surface area contributed by atoms with E-state index in [-0.39, 0.29) is 31.1 Å². The molecule has 226 valence electrons. The summed E-state index contributed by atoms with van der Waals surface area (Å²) in [5, 5.41) is 2.28. The number of hydrogen-bond acceptors (Lipinski definition) is 7. The van der Waals surface area contributed by atoms with E-state index in [2.05, 4.69) is 10.0 Å². The summed E-state index contributed by atoms with van der Waals surface area (Å²) in [4.78, 5) is 57.2. The molecule has 3 fully saturated rings. The highest BCUT2D eigenvalue weighted by molar-refractivity contribution is 7.91. The van der Waals surface area contributed by atoms with Crippen LogP contribution < -0.4 is 14.9 Å². The Bertz CT molecular complexity index is 1420. The molecule has 5 aliphatic rings. The molecule has 0 bridgehead atoms. The summed E-state index contributed by atoms with van der Waals surface area (Å²) in [5.41, 5.74) is 0.466. The van der Waals surface area contributed by atoms with Crippen LogP contribution in [0.15, 0.2) is 36.4 Å². The highest BCUT2D eigenvalue weighted by Gasteiger charge is 2.62. The van der Waals surface area contributed by atoms with E-state index in [0.717, 1.165) is 36.9 Å². The van der Waals surface area contributed by atoms with Gasteiger partial charge in [0.25, 0.3) is 5.91 Å². The quantitative estimate of drug-likeness (QED) is 0.507. The van der Waals surface area contributed by atoms with Crippen molar-refractivity contribution in [2.45, 2.75) is 74.7 Å². The zero-order valence-electron chi connectivity index (χ0n) is 23.8. The smallest absolute Gasteiger partial charge is 0.414 e. The Morgan fingerprint density at radius 2 is 1.83 bits per heavy atom. The number of hydrogen-bond donors (Lipinski definition) is 2. The molecule has 2 N–H and O–H groups in total. The lowest BCUT2D eigenvalue weighted by molar-refractivity contribution is -0.140. The van der Waals surface area contributed by atoms with E-state index in [1.807, 2.05) is 36.4 Å². The van der Waals surface area contributed by atoms with Crippen molar-refractivity contribution in [2.75, 3.05) is 25.0 Å². The van der Waals surface area contributed by atoms with E-state index in [1.165, 1.54) is 0 Å². The Balaban J connectivity index is 1.22. The molecule has 3 aliphatic carbocycles. The van der Waals surface area contributed by atoms with Crippen LogP contribution in [0.1, 0.15) is 56.9 Å². The third-order valence-electron chi connectivity index (χ3n) is 9.37. The number of sulfonamides is 1. The van der Waals surface area contributed by atoms with Crippen molar-refractivity contribution in [2.24, 2.45) is 17.8 Å². The number of anilines is 1. The van der Waals surface area contributed by atoms with Gasteiger partial charge in [0.15, 0.2) is 0 Å². The fraction of sp³-hybridized carbons (Fsp3) is 0.600. The van der Waals surface area contributed by atoms with E-state index >= 15 is 0 Å². The average molecular weight is 599 g/mol. The van der Waals surface area contributed by atoms with Gasteiger partial charge in [-0.15, -0.1) is 0 Å². The zero-order valence-corrected chi connectivity index (χ0v) is 24.6. The Hall–Kier alpha value is -3.41. The van der Waals surface area contributed by atoms with Crippen LogP contribution >= 0.6 is 0 Å². The minimum Gasteiger partial charge on any atom is -0.446 e. The number of rotatable bonds is 4. The first-order chi connectivity index (χ1) is 20.1. The summed E-state index contributed by atoms with van der Waals surface area (Å²) >= 11 is 0. The first kappa shape index (κ1) is 28.7. The number of amides is 4. The first-order valence-electron chi connectivity index (χ1n) is 14.9. The van der Waals surface area contributed by atoms with Gasteiger partial charge in [0.05, 0.1) is 22.8 Å². The fourth-order valence-electron chi connectivity index (χ4n) is 6.63. The van der Waals surface area contributed by atoms with Crippen molar-refractivity contribution in [3.63, 3.8) is 0 Å². The van der Waals surface area contributed by atoms with E-state index in [9.17, 15) is 27.6 Å². The monoisotopic (exact) mass is 598 g/mol. The zero-order chi connectivity index (χ0) is 29.6. The second kappa shape index (κ2) is 11.0. The largest absolute Gasteiger partial charge is 0.446 e. The van der Waals surface area contributed by atoms with Crippen molar-refractivity contribution in [1.29, 1.82) is 0 Å². The third-order valence-corrected chi connectivity index (χ3v) is 11.2.